The van der Waals surface area contributed by atoms with Gasteiger partial charge in [0.25, 0.3) is 0 Å². The van der Waals surface area contributed by atoms with Crippen molar-refractivity contribution in [2.75, 3.05) is 5.75 Å². The zero-order valence-corrected chi connectivity index (χ0v) is 10.9. The number of nitrogens with one attached hydrogen (secondary N) is 1. The third-order valence-electron chi connectivity index (χ3n) is 2.76. The number of para-hydroxylation sites is 1. The number of nitrogens with zero attached hydrogens (tertiary/aromatic N) is 3. The molecular weight excluding hydrogens is 264 g/mol. The number of hydrogen-bond acceptors (Lipinski definition) is 5. The van der Waals surface area contributed by atoms with Crippen LogP contribution in [0.25, 0.3) is 22.1 Å². The number of rotatable bonds is 3. The van der Waals surface area contributed by atoms with E-state index >= 15 is 0 Å². The van der Waals surface area contributed by atoms with Crippen molar-refractivity contribution >= 4 is 39.8 Å². The lowest BCUT2D eigenvalue weighted by molar-refractivity contribution is -0.133. The van der Waals surface area contributed by atoms with Gasteiger partial charge in [-0.05, 0) is 12.5 Å². The van der Waals surface area contributed by atoms with E-state index in [-0.39, 0.29) is 5.75 Å². The van der Waals surface area contributed by atoms with Crippen molar-refractivity contribution in [3.63, 3.8) is 0 Å². The van der Waals surface area contributed by atoms with Crippen LogP contribution < -0.4 is 0 Å². The number of H-pyrrole nitrogens is 1. The summed E-state index contributed by atoms with van der Waals surface area (Å²) in [6, 6.07) is 5.92. The molecule has 0 bridgehead atoms. The molecule has 1 aromatic carbocycles. The highest BCUT2D eigenvalue weighted by Crippen LogP contribution is 2.25. The summed E-state index contributed by atoms with van der Waals surface area (Å²) < 4.78 is 0. The van der Waals surface area contributed by atoms with Crippen molar-refractivity contribution in [1.82, 2.24) is 20.2 Å². The SMILES string of the molecule is Cc1cccc2c1[nH]c1nc(SCC(=O)O)nnc12. The average molecular weight is 274 g/mol. The van der Waals surface area contributed by atoms with Gasteiger partial charge < -0.3 is 10.1 Å². The Morgan fingerprint density at radius 3 is 3.05 bits per heavy atom. The molecule has 7 heteroatoms. The molecule has 3 rings (SSSR count). The van der Waals surface area contributed by atoms with Gasteiger partial charge in [-0.15, -0.1) is 10.2 Å². The van der Waals surface area contributed by atoms with Crippen molar-refractivity contribution in [3.05, 3.63) is 23.8 Å². The minimum absolute atomic E-state index is 0.0769. The number of fused-ring (bicyclic) bond motifs is 3. The second-order valence-corrected chi connectivity index (χ2v) is 5.04. The summed E-state index contributed by atoms with van der Waals surface area (Å²) in [7, 11) is 0. The zero-order chi connectivity index (χ0) is 13.4. The van der Waals surface area contributed by atoms with E-state index in [2.05, 4.69) is 20.2 Å². The fourth-order valence-electron chi connectivity index (χ4n) is 1.92. The van der Waals surface area contributed by atoms with Gasteiger partial charge in [0.05, 0.1) is 11.3 Å². The molecule has 0 saturated carbocycles. The summed E-state index contributed by atoms with van der Waals surface area (Å²) >= 11 is 1.05. The van der Waals surface area contributed by atoms with Gasteiger partial charge in [0.1, 0.15) is 5.52 Å². The Morgan fingerprint density at radius 1 is 1.42 bits per heavy atom. The van der Waals surface area contributed by atoms with E-state index in [9.17, 15) is 4.79 Å². The van der Waals surface area contributed by atoms with Gasteiger partial charge in [0.15, 0.2) is 5.65 Å². The monoisotopic (exact) mass is 274 g/mol. The summed E-state index contributed by atoms with van der Waals surface area (Å²) in [5, 5.41) is 18.1. The molecule has 19 heavy (non-hydrogen) atoms. The molecule has 0 fully saturated rings. The first-order valence-electron chi connectivity index (χ1n) is 5.61. The molecule has 96 valence electrons. The molecule has 6 nitrogen and oxygen atoms in total. The average Bonchev–Trinajstić information content (AvgIpc) is 2.76. The quantitative estimate of drug-likeness (QED) is 0.710. The van der Waals surface area contributed by atoms with Crippen molar-refractivity contribution in [1.29, 1.82) is 0 Å². The van der Waals surface area contributed by atoms with Crippen LogP contribution in [0.15, 0.2) is 23.4 Å². The van der Waals surface area contributed by atoms with E-state index in [1.54, 1.807) is 0 Å². The minimum Gasteiger partial charge on any atom is -0.481 e. The topological polar surface area (TPSA) is 91.8 Å². The number of aromatic amines is 1. The summed E-state index contributed by atoms with van der Waals surface area (Å²) in [5.74, 6) is -0.979. The zero-order valence-electron chi connectivity index (χ0n) is 10.0. The highest BCUT2D eigenvalue weighted by molar-refractivity contribution is 7.99. The Morgan fingerprint density at radius 2 is 2.26 bits per heavy atom. The molecule has 0 atom stereocenters. The molecule has 0 aliphatic heterocycles. The predicted molar refractivity (Wildman–Crippen MR) is 72.3 cm³/mol. The highest BCUT2D eigenvalue weighted by atomic mass is 32.2. The molecule has 0 radical (unpaired) electrons. The van der Waals surface area contributed by atoms with Crippen molar-refractivity contribution < 1.29 is 9.90 Å². The Hall–Kier alpha value is -2.15. The van der Waals surface area contributed by atoms with E-state index in [1.165, 1.54) is 0 Å². The first kappa shape index (κ1) is 11.9. The molecule has 3 aromatic rings. The molecule has 0 spiro atoms. The molecule has 2 heterocycles. The van der Waals surface area contributed by atoms with Crippen LogP contribution in [0.1, 0.15) is 5.56 Å². The van der Waals surface area contributed by atoms with Gasteiger partial charge in [0, 0.05) is 5.39 Å². The van der Waals surface area contributed by atoms with Gasteiger partial charge in [-0.2, -0.15) is 0 Å². The van der Waals surface area contributed by atoms with Crippen LogP contribution in [-0.2, 0) is 4.79 Å². The highest BCUT2D eigenvalue weighted by Gasteiger charge is 2.11. The number of carbonyl (C=O) groups is 1. The number of hydrogen-bond donors (Lipinski definition) is 2. The van der Waals surface area contributed by atoms with E-state index < -0.39 is 5.97 Å². The van der Waals surface area contributed by atoms with Crippen LogP contribution in [-0.4, -0.2) is 37.0 Å². The van der Waals surface area contributed by atoms with E-state index in [0.29, 0.717) is 16.3 Å². The Labute approximate surface area is 112 Å². The van der Waals surface area contributed by atoms with E-state index in [1.807, 2.05) is 25.1 Å². The molecule has 0 aliphatic carbocycles. The Kier molecular flexibility index (Phi) is 2.83. The van der Waals surface area contributed by atoms with Crippen molar-refractivity contribution in [2.45, 2.75) is 12.1 Å². The normalized spacial score (nSPS) is 11.2. The van der Waals surface area contributed by atoms with Crippen LogP contribution in [0, 0.1) is 6.92 Å². The van der Waals surface area contributed by atoms with Gasteiger partial charge in [-0.25, -0.2) is 4.98 Å². The van der Waals surface area contributed by atoms with E-state index in [4.69, 9.17) is 5.11 Å². The molecule has 0 aliphatic rings. The maximum atomic E-state index is 10.5. The first-order valence-corrected chi connectivity index (χ1v) is 6.60. The Balaban J connectivity index is 2.11. The van der Waals surface area contributed by atoms with Gasteiger partial charge in [-0.1, -0.05) is 30.0 Å². The standard InChI is InChI=1S/C12H10N4O2S/c1-6-3-2-4-7-9(6)13-11-10(7)15-16-12(14-11)19-5-8(17)18/h2-4H,5H2,1H3,(H,17,18)(H,13,14,16). The summed E-state index contributed by atoms with van der Waals surface area (Å²) in [6.45, 7) is 2.01. The lowest BCUT2D eigenvalue weighted by Gasteiger charge is -1.95. The van der Waals surface area contributed by atoms with Crippen LogP contribution in [0.3, 0.4) is 0 Å². The summed E-state index contributed by atoms with van der Waals surface area (Å²) in [4.78, 5) is 18.0. The molecule has 0 unspecified atom stereocenters. The lowest BCUT2D eigenvalue weighted by atomic mass is 10.1. The fourth-order valence-corrected chi connectivity index (χ4v) is 2.42. The summed E-state index contributed by atoms with van der Waals surface area (Å²) in [5.41, 5.74) is 3.43. The van der Waals surface area contributed by atoms with Crippen LogP contribution in [0.2, 0.25) is 0 Å². The van der Waals surface area contributed by atoms with Gasteiger partial charge >= 0.3 is 5.97 Å². The number of aromatic nitrogens is 4. The minimum atomic E-state index is -0.902. The predicted octanol–water partition coefficient (Wildman–Crippen LogP) is 1.99. The fraction of sp³-hybridized carbons (Fsp3) is 0.167. The maximum absolute atomic E-state index is 10.5. The van der Waals surface area contributed by atoms with Gasteiger partial charge in [-0.3, -0.25) is 4.79 Å². The number of thioether (sulfide) groups is 1. The number of aliphatic carboxylic acids is 1. The third-order valence-corrected chi connectivity index (χ3v) is 3.59. The number of carboxylic acids is 1. The van der Waals surface area contributed by atoms with Crippen molar-refractivity contribution in [2.24, 2.45) is 0 Å². The number of benzene rings is 1. The summed E-state index contributed by atoms with van der Waals surface area (Å²) in [6.07, 6.45) is 0. The van der Waals surface area contributed by atoms with Crippen molar-refractivity contribution in [3.8, 4) is 0 Å². The van der Waals surface area contributed by atoms with Crippen LogP contribution in [0.4, 0.5) is 0 Å². The second kappa shape index (κ2) is 4.51. The lowest BCUT2D eigenvalue weighted by Crippen LogP contribution is -2.00. The van der Waals surface area contributed by atoms with E-state index in [0.717, 1.165) is 28.2 Å². The molecule has 0 saturated heterocycles. The Bertz CT molecular complexity index is 784. The maximum Gasteiger partial charge on any atom is 0.313 e. The smallest absolute Gasteiger partial charge is 0.313 e. The molecule has 2 N–H and O–H groups in total. The largest absolute Gasteiger partial charge is 0.481 e. The number of carboxylic acid groups (broad SMARTS) is 1. The molecule has 0 amide bonds. The van der Waals surface area contributed by atoms with Crippen LogP contribution >= 0.6 is 11.8 Å². The second-order valence-electron chi connectivity index (χ2n) is 4.10. The van der Waals surface area contributed by atoms with Gasteiger partial charge in [0.2, 0.25) is 5.16 Å². The molecule has 2 aromatic heterocycles. The third kappa shape index (κ3) is 2.12. The first-order chi connectivity index (χ1) is 9.15. The molecular formula is C12H10N4O2S. The van der Waals surface area contributed by atoms with Crippen LogP contribution in [0.5, 0.6) is 0 Å². The number of aryl methyl sites for hydroxylation is 1.